The summed E-state index contributed by atoms with van der Waals surface area (Å²) in [5.41, 5.74) is 5.80. The fourth-order valence-electron chi connectivity index (χ4n) is 2.61. The predicted molar refractivity (Wildman–Crippen MR) is 87.1 cm³/mol. The molecule has 0 saturated heterocycles. The Bertz CT molecular complexity index is 1190. The van der Waals surface area contributed by atoms with Crippen LogP contribution in [0.15, 0.2) is 38.3 Å². The highest BCUT2D eigenvalue weighted by molar-refractivity contribution is 5.88. The van der Waals surface area contributed by atoms with E-state index in [4.69, 9.17) is 10.2 Å². The molecule has 0 aliphatic rings. The summed E-state index contributed by atoms with van der Waals surface area (Å²) < 4.78 is 5.17. The third-order valence-corrected chi connectivity index (χ3v) is 3.71. The van der Waals surface area contributed by atoms with Gasteiger partial charge in [0.1, 0.15) is 34.7 Å². The molecule has 7 heteroatoms. The van der Waals surface area contributed by atoms with Crippen LogP contribution in [0.1, 0.15) is 16.7 Å². The normalized spacial score (nSPS) is 10.3. The topological polar surface area (TPSA) is 137 Å². The summed E-state index contributed by atoms with van der Waals surface area (Å²) in [4.78, 5) is 25.8. The van der Waals surface area contributed by atoms with E-state index in [0.29, 0.717) is 16.5 Å². The zero-order valence-electron chi connectivity index (χ0n) is 12.5. The van der Waals surface area contributed by atoms with Gasteiger partial charge in [-0.2, -0.15) is 10.5 Å². The monoisotopic (exact) mass is 318 g/mol. The Labute approximate surface area is 135 Å². The molecular formula is C17H10N4O3. The van der Waals surface area contributed by atoms with E-state index in [1.807, 2.05) is 6.07 Å². The van der Waals surface area contributed by atoms with Crippen molar-refractivity contribution in [2.45, 2.75) is 6.92 Å². The smallest absolute Gasteiger partial charge is 0.336 e. The first-order chi connectivity index (χ1) is 11.5. The molecule has 0 spiro atoms. The van der Waals surface area contributed by atoms with Crippen molar-refractivity contribution in [3.8, 4) is 23.3 Å². The van der Waals surface area contributed by atoms with Gasteiger partial charge in [-0.1, -0.05) is 12.1 Å². The summed E-state index contributed by atoms with van der Waals surface area (Å²) in [6.45, 7) is 1.77. The molecule has 3 N–H and O–H groups in total. The maximum absolute atomic E-state index is 12.0. The molecule has 0 unspecified atom stereocenters. The van der Waals surface area contributed by atoms with Crippen molar-refractivity contribution in [1.82, 2.24) is 4.98 Å². The fraction of sp³-hybridized carbons (Fsp3) is 0.0588. The van der Waals surface area contributed by atoms with Crippen molar-refractivity contribution < 1.29 is 4.42 Å². The van der Waals surface area contributed by atoms with Crippen LogP contribution in [-0.2, 0) is 0 Å². The number of aromatic amines is 1. The number of nitrogens with two attached hydrogens (primary N) is 1. The van der Waals surface area contributed by atoms with Crippen molar-refractivity contribution in [2.24, 2.45) is 0 Å². The molecule has 0 bridgehead atoms. The molecule has 2 heterocycles. The fourth-order valence-corrected chi connectivity index (χ4v) is 2.61. The number of hydrogen-bond acceptors (Lipinski definition) is 6. The highest BCUT2D eigenvalue weighted by Crippen LogP contribution is 2.30. The quantitative estimate of drug-likeness (QED) is 0.656. The lowest BCUT2D eigenvalue weighted by atomic mass is 9.95. The SMILES string of the molecule is Cc1cc(=O)oc2cc(-c3c(C#N)c(N)[nH]c(=O)c3C#N)ccc12. The summed E-state index contributed by atoms with van der Waals surface area (Å²) >= 11 is 0. The first kappa shape index (κ1) is 15.1. The van der Waals surface area contributed by atoms with Crippen molar-refractivity contribution in [3.63, 3.8) is 0 Å². The molecule has 1 aromatic carbocycles. The summed E-state index contributed by atoms with van der Waals surface area (Å²) in [6.07, 6.45) is 0. The van der Waals surface area contributed by atoms with Crippen LogP contribution >= 0.6 is 0 Å². The number of hydrogen-bond donors (Lipinski definition) is 2. The van der Waals surface area contributed by atoms with Crippen LogP contribution in [0.2, 0.25) is 0 Å². The number of nitrogens with one attached hydrogen (secondary N) is 1. The number of nitrogen functional groups attached to an aromatic ring is 1. The number of H-pyrrole nitrogens is 1. The van der Waals surface area contributed by atoms with Crippen molar-refractivity contribution in [1.29, 1.82) is 10.5 Å². The zero-order chi connectivity index (χ0) is 17.4. The molecule has 2 aromatic heterocycles. The molecule has 0 amide bonds. The van der Waals surface area contributed by atoms with E-state index in [1.54, 1.807) is 25.1 Å². The van der Waals surface area contributed by atoms with Gasteiger partial charge >= 0.3 is 5.63 Å². The van der Waals surface area contributed by atoms with Crippen molar-refractivity contribution in [3.05, 3.63) is 61.7 Å². The van der Waals surface area contributed by atoms with Gasteiger partial charge in [-0.25, -0.2) is 4.79 Å². The molecule has 24 heavy (non-hydrogen) atoms. The first-order valence-corrected chi connectivity index (χ1v) is 6.87. The van der Waals surface area contributed by atoms with E-state index in [-0.39, 0.29) is 22.5 Å². The molecule has 7 nitrogen and oxygen atoms in total. The Kier molecular flexibility index (Phi) is 3.40. The number of nitriles is 2. The largest absolute Gasteiger partial charge is 0.423 e. The molecule has 0 aliphatic carbocycles. The van der Waals surface area contributed by atoms with Gasteiger partial charge in [0, 0.05) is 17.0 Å². The third kappa shape index (κ3) is 2.21. The van der Waals surface area contributed by atoms with E-state index in [1.165, 1.54) is 12.1 Å². The molecule has 0 aliphatic heterocycles. The molecule has 0 saturated carbocycles. The third-order valence-electron chi connectivity index (χ3n) is 3.71. The average Bonchev–Trinajstić information content (AvgIpc) is 2.53. The Morgan fingerprint density at radius 2 is 1.83 bits per heavy atom. The van der Waals surface area contributed by atoms with E-state index >= 15 is 0 Å². The maximum atomic E-state index is 12.0. The lowest BCUT2D eigenvalue weighted by Gasteiger charge is -2.09. The molecule has 3 aromatic rings. The van der Waals surface area contributed by atoms with Crippen LogP contribution < -0.4 is 16.9 Å². The second kappa shape index (κ2) is 5.41. The minimum atomic E-state index is -0.685. The summed E-state index contributed by atoms with van der Waals surface area (Å²) in [7, 11) is 0. The number of fused-ring (bicyclic) bond motifs is 1. The number of nitrogens with zero attached hydrogens (tertiary/aromatic N) is 2. The van der Waals surface area contributed by atoms with Gasteiger partial charge < -0.3 is 15.1 Å². The standard InChI is InChI=1S/C17H10N4O3/c1-8-4-14(22)24-13-5-9(2-3-10(8)13)15-11(6-18)16(20)21-17(23)12(15)7-19/h2-5H,1H3,(H3,20,21,23). The average molecular weight is 318 g/mol. The predicted octanol–water partition coefficient (Wildman–Crippen LogP) is 1.78. The Balaban J connectivity index is 2.45. The van der Waals surface area contributed by atoms with E-state index < -0.39 is 11.2 Å². The molecule has 0 radical (unpaired) electrons. The number of benzene rings is 1. The second-order valence-electron chi connectivity index (χ2n) is 5.18. The van der Waals surface area contributed by atoms with Crippen LogP contribution in [0.25, 0.3) is 22.1 Å². The number of anilines is 1. The van der Waals surface area contributed by atoms with Gasteiger partial charge in [-0.05, 0) is 24.1 Å². The van der Waals surface area contributed by atoms with Crippen LogP contribution in [-0.4, -0.2) is 4.98 Å². The Hall–Kier alpha value is -3.84. The maximum Gasteiger partial charge on any atom is 0.336 e. The number of aromatic nitrogens is 1. The summed E-state index contributed by atoms with van der Waals surface area (Å²) in [5.74, 6) is -0.123. The van der Waals surface area contributed by atoms with Crippen LogP contribution in [0, 0.1) is 29.6 Å². The van der Waals surface area contributed by atoms with Crippen molar-refractivity contribution in [2.75, 3.05) is 5.73 Å². The Morgan fingerprint density at radius 1 is 1.12 bits per heavy atom. The molecular weight excluding hydrogens is 308 g/mol. The van der Waals surface area contributed by atoms with Crippen molar-refractivity contribution >= 4 is 16.8 Å². The number of rotatable bonds is 1. The second-order valence-corrected chi connectivity index (χ2v) is 5.18. The summed E-state index contributed by atoms with van der Waals surface area (Å²) in [6, 6.07) is 9.91. The number of aryl methyl sites for hydroxylation is 1. The van der Waals surface area contributed by atoms with E-state index in [0.717, 1.165) is 5.56 Å². The van der Waals surface area contributed by atoms with Gasteiger partial charge in [-0.15, -0.1) is 0 Å². The van der Waals surface area contributed by atoms with E-state index in [9.17, 15) is 20.1 Å². The van der Waals surface area contributed by atoms with Gasteiger partial charge in [0.2, 0.25) is 0 Å². The van der Waals surface area contributed by atoms with Gasteiger partial charge in [0.25, 0.3) is 5.56 Å². The van der Waals surface area contributed by atoms with Crippen LogP contribution in [0.4, 0.5) is 5.82 Å². The van der Waals surface area contributed by atoms with Crippen LogP contribution in [0.5, 0.6) is 0 Å². The van der Waals surface area contributed by atoms with Crippen LogP contribution in [0.3, 0.4) is 0 Å². The Morgan fingerprint density at radius 3 is 2.50 bits per heavy atom. The van der Waals surface area contributed by atoms with Gasteiger partial charge in [0.05, 0.1) is 0 Å². The number of pyridine rings is 1. The van der Waals surface area contributed by atoms with E-state index in [2.05, 4.69) is 4.98 Å². The minimum absolute atomic E-state index is 0.0134. The minimum Gasteiger partial charge on any atom is -0.423 e. The lowest BCUT2D eigenvalue weighted by Crippen LogP contribution is -2.16. The van der Waals surface area contributed by atoms with Gasteiger partial charge in [-0.3, -0.25) is 4.79 Å². The summed E-state index contributed by atoms with van der Waals surface area (Å²) in [5, 5.41) is 19.3. The molecule has 0 atom stereocenters. The first-order valence-electron chi connectivity index (χ1n) is 6.87. The highest BCUT2D eigenvalue weighted by Gasteiger charge is 2.18. The zero-order valence-corrected chi connectivity index (χ0v) is 12.5. The highest BCUT2D eigenvalue weighted by atomic mass is 16.4. The lowest BCUT2D eigenvalue weighted by molar-refractivity contribution is 0.560. The molecule has 3 rings (SSSR count). The molecule has 116 valence electrons. The van der Waals surface area contributed by atoms with Gasteiger partial charge in [0.15, 0.2) is 0 Å². The molecule has 0 fully saturated rings.